The molecule has 174 valence electrons. The molecule has 3 rings (SSSR count). The van der Waals surface area contributed by atoms with Gasteiger partial charge in [-0.05, 0) is 62.0 Å². The van der Waals surface area contributed by atoms with Crippen LogP contribution in [0.4, 0.5) is 0 Å². The molecule has 0 heterocycles. The summed E-state index contributed by atoms with van der Waals surface area (Å²) in [5, 5.41) is 41.6. The summed E-state index contributed by atoms with van der Waals surface area (Å²) in [6, 6.07) is 6.46. The zero-order valence-electron chi connectivity index (χ0n) is 20.3. The van der Waals surface area contributed by atoms with Crippen LogP contribution < -0.4 is 0 Å². The van der Waals surface area contributed by atoms with Crippen molar-refractivity contribution in [1.82, 2.24) is 0 Å². The molecule has 2 aliphatic carbocycles. The molecule has 0 saturated heterocycles. The second kappa shape index (κ2) is 8.92. The van der Waals surface area contributed by atoms with Gasteiger partial charge in [0.25, 0.3) is 0 Å². The molecule has 32 heavy (non-hydrogen) atoms. The number of hydrogen-bond donors (Lipinski definition) is 4. The van der Waals surface area contributed by atoms with Crippen molar-refractivity contribution >= 4 is 0 Å². The van der Waals surface area contributed by atoms with Gasteiger partial charge in [0, 0.05) is 22.8 Å². The maximum Gasteiger partial charge on any atom is 0.161 e. The van der Waals surface area contributed by atoms with Gasteiger partial charge in [0.05, 0.1) is 12.2 Å². The highest BCUT2D eigenvalue weighted by Crippen LogP contribution is 2.48. The second-order valence-corrected chi connectivity index (χ2v) is 9.85. The van der Waals surface area contributed by atoms with Gasteiger partial charge in [0.15, 0.2) is 11.5 Å². The third kappa shape index (κ3) is 3.95. The van der Waals surface area contributed by atoms with Crippen LogP contribution in [-0.2, 0) is 0 Å². The number of hydrogen-bond acceptors (Lipinski definition) is 4. The number of aliphatic hydroxyl groups is 4. The lowest BCUT2D eigenvalue weighted by molar-refractivity contribution is 0.102. The average molecular weight is 439 g/mol. The summed E-state index contributed by atoms with van der Waals surface area (Å²) < 4.78 is 0. The number of aryl methyl sites for hydroxylation is 1. The fourth-order valence-corrected chi connectivity index (χ4v) is 5.28. The number of allylic oxidation sites excluding steroid dienone is 3. The Morgan fingerprint density at radius 1 is 1.09 bits per heavy atom. The molecule has 1 aromatic rings. The summed E-state index contributed by atoms with van der Waals surface area (Å²) >= 11 is 0. The SMILES string of the molecule is C/C=C1/C(O)C(C(C)c2cc(C)cc([C@H](C3=C(O)C(O)=C3)[C@H](C)CC)c2)=CC1(C)[C@@H](C)O. The van der Waals surface area contributed by atoms with Crippen molar-refractivity contribution in [2.24, 2.45) is 11.3 Å². The third-order valence-electron chi connectivity index (χ3n) is 7.72. The van der Waals surface area contributed by atoms with Crippen LogP contribution in [-0.4, -0.2) is 32.6 Å². The zero-order valence-corrected chi connectivity index (χ0v) is 20.3. The van der Waals surface area contributed by atoms with E-state index in [1.165, 1.54) is 0 Å². The van der Waals surface area contributed by atoms with Crippen LogP contribution in [0.1, 0.15) is 76.5 Å². The highest BCUT2D eigenvalue weighted by atomic mass is 16.3. The summed E-state index contributed by atoms with van der Waals surface area (Å²) in [5.74, 6) is 0.171. The van der Waals surface area contributed by atoms with Crippen LogP contribution in [0.25, 0.3) is 0 Å². The first kappa shape index (κ1) is 24.3. The van der Waals surface area contributed by atoms with E-state index >= 15 is 0 Å². The molecule has 2 aliphatic rings. The van der Waals surface area contributed by atoms with E-state index in [-0.39, 0.29) is 29.3 Å². The molecule has 4 N–H and O–H groups in total. The van der Waals surface area contributed by atoms with Crippen molar-refractivity contribution < 1.29 is 20.4 Å². The van der Waals surface area contributed by atoms with Gasteiger partial charge in [-0.2, -0.15) is 0 Å². The molecule has 0 fully saturated rings. The Labute approximate surface area is 192 Å². The van der Waals surface area contributed by atoms with Crippen LogP contribution >= 0.6 is 0 Å². The molecule has 6 atom stereocenters. The largest absolute Gasteiger partial charge is 0.504 e. The third-order valence-corrected chi connectivity index (χ3v) is 7.72. The molecule has 0 spiro atoms. The summed E-state index contributed by atoms with van der Waals surface area (Å²) in [7, 11) is 0. The normalized spacial score (nSPS) is 28.2. The minimum atomic E-state index is -0.720. The molecule has 0 aliphatic heterocycles. The van der Waals surface area contributed by atoms with Crippen LogP contribution in [0.5, 0.6) is 0 Å². The predicted octanol–water partition coefficient (Wildman–Crippen LogP) is 6.13. The van der Waals surface area contributed by atoms with Crippen molar-refractivity contribution in [3.63, 3.8) is 0 Å². The van der Waals surface area contributed by atoms with Gasteiger partial charge < -0.3 is 20.4 Å². The molecular formula is C28H38O4. The lowest BCUT2D eigenvalue weighted by Gasteiger charge is -2.30. The first-order valence-electron chi connectivity index (χ1n) is 11.7. The van der Waals surface area contributed by atoms with E-state index in [0.29, 0.717) is 0 Å². The van der Waals surface area contributed by atoms with Crippen LogP contribution in [0, 0.1) is 18.3 Å². The van der Waals surface area contributed by atoms with Crippen molar-refractivity contribution in [2.75, 3.05) is 0 Å². The van der Waals surface area contributed by atoms with Crippen molar-refractivity contribution in [1.29, 1.82) is 0 Å². The van der Waals surface area contributed by atoms with Gasteiger partial charge in [-0.1, -0.05) is 63.1 Å². The topological polar surface area (TPSA) is 80.9 Å². The molecule has 3 unspecified atom stereocenters. The fourth-order valence-electron chi connectivity index (χ4n) is 5.28. The number of aliphatic hydroxyl groups excluding tert-OH is 4. The van der Waals surface area contributed by atoms with Crippen molar-refractivity contribution in [3.05, 3.63) is 81.4 Å². The Kier molecular flexibility index (Phi) is 6.78. The Bertz CT molecular complexity index is 1010. The highest BCUT2D eigenvalue weighted by molar-refractivity contribution is 5.53. The van der Waals surface area contributed by atoms with Gasteiger partial charge >= 0.3 is 0 Å². The Morgan fingerprint density at radius 3 is 2.19 bits per heavy atom. The highest BCUT2D eigenvalue weighted by Gasteiger charge is 2.44. The molecule has 4 heteroatoms. The lowest BCUT2D eigenvalue weighted by Crippen LogP contribution is -2.30. The number of rotatable bonds is 7. The maximum absolute atomic E-state index is 11.1. The first-order chi connectivity index (χ1) is 15.0. The van der Waals surface area contributed by atoms with E-state index in [9.17, 15) is 20.4 Å². The van der Waals surface area contributed by atoms with E-state index in [1.54, 1.807) is 13.0 Å². The van der Waals surface area contributed by atoms with Crippen LogP contribution in [0.15, 0.2) is 64.7 Å². The summed E-state index contributed by atoms with van der Waals surface area (Å²) in [5.41, 5.74) is 5.24. The van der Waals surface area contributed by atoms with E-state index in [2.05, 4.69) is 45.9 Å². The Balaban J connectivity index is 2.05. The molecule has 0 saturated carbocycles. The van der Waals surface area contributed by atoms with E-state index < -0.39 is 17.6 Å². The minimum absolute atomic E-state index is 0.00856. The van der Waals surface area contributed by atoms with Crippen LogP contribution in [0.2, 0.25) is 0 Å². The molecular weight excluding hydrogens is 400 g/mol. The van der Waals surface area contributed by atoms with Gasteiger partial charge in [-0.15, -0.1) is 0 Å². The molecule has 0 bridgehead atoms. The monoisotopic (exact) mass is 438 g/mol. The predicted molar refractivity (Wildman–Crippen MR) is 130 cm³/mol. The molecule has 4 nitrogen and oxygen atoms in total. The summed E-state index contributed by atoms with van der Waals surface area (Å²) in [4.78, 5) is 0. The minimum Gasteiger partial charge on any atom is -0.504 e. The van der Waals surface area contributed by atoms with E-state index in [1.807, 2.05) is 26.0 Å². The zero-order chi connectivity index (χ0) is 24.0. The lowest BCUT2D eigenvalue weighted by atomic mass is 9.75. The maximum atomic E-state index is 11.1. The van der Waals surface area contributed by atoms with E-state index in [4.69, 9.17) is 0 Å². The standard InChI is InChI=1S/C28H38O4/c1-8-16(4)25(21-13-24(30)27(21)32)20-11-15(3)10-19(12-20)17(5)22-14-28(7,18(6)29)23(9-2)26(22)31/h9-14,16-18,25-26,29-32H,8H2,1-7H3/b23-9-/t16-,17?,18-,25-,26?,28?/m1/s1. The van der Waals surface area contributed by atoms with Crippen LogP contribution in [0.3, 0.4) is 0 Å². The molecule has 1 aromatic carbocycles. The molecule has 0 radical (unpaired) electrons. The summed E-state index contributed by atoms with van der Waals surface area (Å²) in [6.45, 7) is 14.1. The fraction of sp³-hybridized carbons (Fsp3) is 0.500. The Hall–Kier alpha value is -2.30. The molecule has 0 amide bonds. The molecule has 0 aromatic heterocycles. The second-order valence-electron chi connectivity index (χ2n) is 9.85. The number of benzene rings is 1. The quantitative estimate of drug-likeness (QED) is 0.386. The van der Waals surface area contributed by atoms with Gasteiger partial charge in [0.1, 0.15) is 0 Å². The van der Waals surface area contributed by atoms with E-state index in [0.717, 1.165) is 39.8 Å². The van der Waals surface area contributed by atoms with Crippen molar-refractivity contribution in [2.45, 2.75) is 78.9 Å². The van der Waals surface area contributed by atoms with Gasteiger partial charge in [-0.25, -0.2) is 0 Å². The first-order valence-corrected chi connectivity index (χ1v) is 11.7. The van der Waals surface area contributed by atoms with Gasteiger partial charge in [-0.3, -0.25) is 0 Å². The summed E-state index contributed by atoms with van der Waals surface area (Å²) in [6.07, 6.45) is 5.23. The van der Waals surface area contributed by atoms with Gasteiger partial charge in [0.2, 0.25) is 0 Å². The average Bonchev–Trinajstić information content (AvgIpc) is 3.02. The van der Waals surface area contributed by atoms with Crippen molar-refractivity contribution in [3.8, 4) is 0 Å². The Morgan fingerprint density at radius 2 is 1.72 bits per heavy atom. The smallest absolute Gasteiger partial charge is 0.161 e.